The number of carboxylic acid groups (broad SMARTS) is 1. The smallest absolute Gasteiger partial charge is 0.406 e. The Kier molecular flexibility index (Phi) is 3.60. The van der Waals surface area contributed by atoms with Crippen molar-refractivity contribution in [3.8, 4) is 0 Å². The zero-order chi connectivity index (χ0) is 15.1. The highest BCUT2D eigenvalue weighted by molar-refractivity contribution is 5.80. The van der Waals surface area contributed by atoms with E-state index < -0.39 is 36.6 Å². The lowest BCUT2D eigenvalue weighted by Crippen LogP contribution is -2.50. The number of aliphatic carboxylic acids is 1. The van der Waals surface area contributed by atoms with Crippen molar-refractivity contribution in [3.05, 3.63) is 0 Å². The zero-order valence-corrected chi connectivity index (χ0v) is 11.1. The van der Waals surface area contributed by atoms with Crippen LogP contribution >= 0.6 is 0 Å². The Morgan fingerprint density at radius 1 is 1.40 bits per heavy atom. The molecule has 8 heteroatoms. The second-order valence-electron chi connectivity index (χ2n) is 5.36. The van der Waals surface area contributed by atoms with Crippen LogP contribution in [0.2, 0.25) is 0 Å². The van der Waals surface area contributed by atoms with Crippen LogP contribution in [0.5, 0.6) is 0 Å². The van der Waals surface area contributed by atoms with E-state index in [2.05, 4.69) is 0 Å². The molecule has 0 spiro atoms. The summed E-state index contributed by atoms with van der Waals surface area (Å²) in [6.07, 6.45) is -3.72. The Balaban J connectivity index is 2.14. The van der Waals surface area contributed by atoms with E-state index in [1.807, 2.05) is 0 Å². The minimum atomic E-state index is -4.86. The molecule has 0 aromatic rings. The molecule has 1 aliphatic heterocycles. The first-order chi connectivity index (χ1) is 9.23. The molecule has 1 heterocycles. The first kappa shape index (κ1) is 14.9. The fraction of sp³-hybridized carbons (Fsp3) is 0.833. The Bertz CT molecular complexity index is 423. The number of urea groups is 1. The summed E-state index contributed by atoms with van der Waals surface area (Å²) in [7, 11) is 0. The molecule has 0 aromatic carbocycles. The Morgan fingerprint density at radius 3 is 2.35 bits per heavy atom. The molecule has 1 saturated heterocycles. The number of carboxylic acids is 1. The summed E-state index contributed by atoms with van der Waals surface area (Å²) in [6, 6.07) is -0.388. The first-order valence-electron chi connectivity index (χ1n) is 6.58. The predicted octanol–water partition coefficient (Wildman–Crippen LogP) is 1.93. The van der Waals surface area contributed by atoms with Gasteiger partial charge in [0.1, 0.15) is 0 Å². The zero-order valence-electron chi connectivity index (χ0n) is 11.1. The molecule has 0 aromatic heterocycles. The number of amides is 2. The van der Waals surface area contributed by atoms with Crippen LogP contribution in [0.3, 0.4) is 0 Å². The summed E-state index contributed by atoms with van der Waals surface area (Å²) in [4.78, 5) is 25.8. The average Bonchev–Trinajstić information content (AvgIpc) is 3.05. The Labute approximate surface area is 114 Å². The van der Waals surface area contributed by atoms with Crippen molar-refractivity contribution in [1.29, 1.82) is 0 Å². The molecule has 1 N–H and O–H groups in total. The molecule has 0 radical (unpaired) electrons. The minimum absolute atomic E-state index is 0.0956. The van der Waals surface area contributed by atoms with Crippen molar-refractivity contribution < 1.29 is 27.9 Å². The molecule has 1 saturated carbocycles. The van der Waals surface area contributed by atoms with E-state index in [-0.39, 0.29) is 12.6 Å². The summed E-state index contributed by atoms with van der Waals surface area (Å²) in [5.74, 6) is -1.91. The second kappa shape index (κ2) is 4.82. The third kappa shape index (κ3) is 2.31. The lowest BCUT2D eigenvalue weighted by Gasteiger charge is -2.30. The minimum Gasteiger partial charge on any atom is -0.481 e. The lowest BCUT2D eigenvalue weighted by atomic mass is 9.86. The normalized spacial score (nSPS) is 26.7. The second-order valence-corrected chi connectivity index (χ2v) is 5.36. The largest absolute Gasteiger partial charge is 0.481 e. The van der Waals surface area contributed by atoms with Crippen molar-refractivity contribution >= 4 is 12.0 Å². The first-order valence-corrected chi connectivity index (χ1v) is 6.58. The molecule has 2 fully saturated rings. The number of carbonyl (C=O) groups excluding carboxylic acids is 1. The summed E-state index contributed by atoms with van der Waals surface area (Å²) < 4.78 is 39.1. The number of nitrogens with zero attached hydrogens (tertiary/aromatic N) is 2. The molecule has 1 unspecified atom stereocenters. The number of likely N-dealkylation sites (tertiary alicyclic amines) is 1. The van der Waals surface area contributed by atoms with Gasteiger partial charge >= 0.3 is 18.2 Å². The summed E-state index contributed by atoms with van der Waals surface area (Å²) in [6.45, 7) is 1.22. The van der Waals surface area contributed by atoms with E-state index in [1.54, 1.807) is 6.92 Å². The number of rotatable bonds is 3. The van der Waals surface area contributed by atoms with Crippen LogP contribution in [0.1, 0.15) is 26.2 Å². The van der Waals surface area contributed by atoms with Gasteiger partial charge in [-0.3, -0.25) is 4.79 Å². The number of hydrogen-bond donors (Lipinski definition) is 1. The van der Waals surface area contributed by atoms with Gasteiger partial charge in [-0.15, -0.1) is 0 Å². The molecule has 5 nitrogen and oxygen atoms in total. The van der Waals surface area contributed by atoms with E-state index in [0.29, 0.717) is 6.54 Å². The highest BCUT2D eigenvalue weighted by atomic mass is 19.4. The fourth-order valence-corrected chi connectivity index (χ4v) is 2.62. The average molecular weight is 294 g/mol. The summed E-state index contributed by atoms with van der Waals surface area (Å²) >= 11 is 0. The van der Waals surface area contributed by atoms with Crippen LogP contribution in [0, 0.1) is 5.41 Å². The third-order valence-electron chi connectivity index (χ3n) is 4.07. The van der Waals surface area contributed by atoms with Crippen LogP contribution in [0.4, 0.5) is 18.0 Å². The number of carbonyl (C=O) groups is 2. The summed E-state index contributed by atoms with van der Waals surface area (Å²) in [5, 5.41) is 8.94. The van der Waals surface area contributed by atoms with Gasteiger partial charge in [0.05, 0.1) is 0 Å². The van der Waals surface area contributed by atoms with Crippen LogP contribution in [-0.4, -0.2) is 58.8 Å². The molecule has 2 amide bonds. The van der Waals surface area contributed by atoms with Crippen molar-refractivity contribution in [2.24, 2.45) is 5.41 Å². The van der Waals surface area contributed by atoms with Crippen molar-refractivity contribution in [2.45, 2.75) is 38.4 Å². The van der Waals surface area contributed by atoms with Gasteiger partial charge in [0.2, 0.25) is 0 Å². The van der Waals surface area contributed by atoms with Gasteiger partial charge in [-0.25, -0.2) is 4.79 Å². The number of halogens is 3. The molecule has 2 aliphatic rings. The molecule has 1 atom stereocenters. The quantitative estimate of drug-likeness (QED) is 0.865. The van der Waals surface area contributed by atoms with Crippen LogP contribution in [-0.2, 0) is 4.79 Å². The van der Waals surface area contributed by atoms with Crippen LogP contribution in [0.25, 0.3) is 0 Å². The molecular weight excluding hydrogens is 277 g/mol. The van der Waals surface area contributed by atoms with Gasteiger partial charge < -0.3 is 14.9 Å². The van der Waals surface area contributed by atoms with Crippen molar-refractivity contribution in [3.63, 3.8) is 0 Å². The van der Waals surface area contributed by atoms with Crippen LogP contribution < -0.4 is 0 Å². The molecular formula is C12H17F3N2O3. The molecule has 114 valence electrons. The van der Waals surface area contributed by atoms with E-state index in [9.17, 15) is 22.8 Å². The maximum atomic E-state index is 13.0. The van der Waals surface area contributed by atoms with E-state index in [0.717, 1.165) is 17.7 Å². The summed E-state index contributed by atoms with van der Waals surface area (Å²) in [5.41, 5.74) is -2.83. The maximum Gasteiger partial charge on any atom is 0.406 e. The van der Waals surface area contributed by atoms with Crippen molar-refractivity contribution in [1.82, 2.24) is 9.80 Å². The number of hydrogen-bond acceptors (Lipinski definition) is 2. The predicted molar refractivity (Wildman–Crippen MR) is 63.1 cm³/mol. The topological polar surface area (TPSA) is 60.9 Å². The maximum absolute atomic E-state index is 13.0. The highest BCUT2D eigenvalue weighted by Gasteiger charge is 2.64. The van der Waals surface area contributed by atoms with Gasteiger partial charge in [-0.05, 0) is 26.2 Å². The van der Waals surface area contributed by atoms with Gasteiger partial charge in [0.25, 0.3) is 0 Å². The molecule has 1 aliphatic carbocycles. The van der Waals surface area contributed by atoms with Crippen LogP contribution in [0.15, 0.2) is 0 Å². The van der Waals surface area contributed by atoms with Gasteiger partial charge in [0, 0.05) is 25.7 Å². The molecule has 20 heavy (non-hydrogen) atoms. The van der Waals surface area contributed by atoms with E-state index >= 15 is 0 Å². The van der Waals surface area contributed by atoms with E-state index in [1.165, 1.54) is 4.90 Å². The van der Waals surface area contributed by atoms with E-state index in [4.69, 9.17) is 5.11 Å². The fourth-order valence-electron chi connectivity index (χ4n) is 2.62. The highest BCUT2D eigenvalue weighted by Crippen LogP contribution is 2.46. The van der Waals surface area contributed by atoms with Gasteiger partial charge in [0.15, 0.2) is 5.41 Å². The Morgan fingerprint density at radius 2 is 2.00 bits per heavy atom. The number of alkyl halides is 3. The third-order valence-corrected chi connectivity index (χ3v) is 4.07. The molecule has 2 rings (SSSR count). The lowest BCUT2D eigenvalue weighted by molar-refractivity contribution is -0.227. The monoisotopic (exact) mass is 294 g/mol. The standard InChI is InChI=1S/C12H17F3N2O3/c1-2-17(8-3-4-8)10(20)16-6-5-11(7-16,9(18)19)12(13,14)15/h8H,2-7H2,1H3,(H,18,19). The van der Waals surface area contributed by atoms with Crippen molar-refractivity contribution in [2.75, 3.05) is 19.6 Å². The Hall–Kier alpha value is -1.47. The SMILES string of the molecule is CCN(C(=O)N1CCC(C(=O)O)(C(F)(F)F)C1)C1CC1. The van der Waals surface area contributed by atoms with Gasteiger partial charge in [-0.1, -0.05) is 0 Å². The van der Waals surface area contributed by atoms with Gasteiger partial charge in [-0.2, -0.15) is 13.2 Å². The molecule has 0 bridgehead atoms.